The molecule has 0 amide bonds. The minimum Gasteiger partial charge on any atom is -0.387 e. The third-order valence-electron chi connectivity index (χ3n) is 2.87. The van der Waals surface area contributed by atoms with Crippen LogP contribution in [0.3, 0.4) is 0 Å². The maximum Gasteiger partial charge on any atom is 0.0942 e. The fourth-order valence-electron chi connectivity index (χ4n) is 2.03. The highest BCUT2D eigenvalue weighted by Gasteiger charge is 2.21. The first kappa shape index (κ1) is 9.69. The van der Waals surface area contributed by atoms with Gasteiger partial charge in [0.1, 0.15) is 0 Å². The molecule has 1 unspecified atom stereocenters. The Hall–Kier alpha value is -0.860. The molecule has 2 nitrogen and oxygen atoms in total. The van der Waals surface area contributed by atoms with E-state index in [1.54, 1.807) is 0 Å². The summed E-state index contributed by atoms with van der Waals surface area (Å²) in [4.78, 5) is 0. The second-order valence-electron chi connectivity index (χ2n) is 3.91. The minimum absolute atomic E-state index is 0.242. The molecule has 2 atom stereocenters. The Morgan fingerprint density at radius 1 is 1.21 bits per heavy atom. The van der Waals surface area contributed by atoms with Crippen LogP contribution in [-0.2, 0) is 0 Å². The predicted octanol–water partition coefficient (Wildman–Crippen LogP) is 1.86. The molecule has 0 radical (unpaired) electrons. The molecule has 0 aliphatic carbocycles. The maximum absolute atomic E-state index is 10.1. The summed E-state index contributed by atoms with van der Waals surface area (Å²) in [5, 5.41) is 13.5. The van der Waals surface area contributed by atoms with Crippen molar-refractivity contribution in [3.63, 3.8) is 0 Å². The van der Waals surface area contributed by atoms with Crippen LogP contribution in [0.2, 0.25) is 0 Å². The van der Waals surface area contributed by atoms with Crippen LogP contribution in [0.15, 0.2) is 30.3 Å². The van der Waals surface area contributed by atoms with Gasteiger partial charge in [-0.25, -0.2) is 0 Å². The van der Waals surface area contributed by atoms with E-state index in [-0.39, 0.29) is 12.1 Å². The van der Waals surface area contributed by atoms with E-state index in [1.165, 1.54) is 12.8 Å². The molecule has 1 aliphatic rings. The van der Waals surface area contributed by atoms with Crippen LogP contribution in [0.4, 0.5) is 0 Å². The van der Waals surface area contributed by atoms with Crippen molar-refractivity contribution >= 4 is 0 Å². The van der Waals surface area contributed by atoms with Gasteiger partial charge in [-0.05, 0) is 24.9 Å². The molecular weight excluding hydrogens is 174 g/mol. The van der Waals surface area contributed by atoms with E-state index < -0.39 is 0 Å². The summed E-state index contributed by atoms with van der Waals surface area (Å²) < 4.78 is 0. The van der Waals surface area contributed by atoms with Crippen molar-refractivity contribution in [2.24, 2.45) is 0 Å². The van der Waals surface area contributed by atoms with Crippen molar-refractivity contribution < 1.29 is 5.11 Å². The van der Waals surface area contributed by atoms with Gasteiger partial charge in [-0.1, -0.05) is 36.8 Å². The lowest BCUT2D eigenvalue weighted by Gasteiger charge is -2.28. The molecule has 0 bridgehead atoms. The summed E-state index contributed by atoms with van der Waals surface area (Å²) in [6.07, 6.45) is 3.19. The fourth-order valence-corrected chi connectivity index (χ4v) is 2.03. The highest BCUT2D eigenvalue weighted by molar-refractivity contribution is 5.18. The van der Waals surface area contributed by atoms with Crippen molar-refractivity contribution in [3.8, 4) is 0 Å². The van der Waals surface area contributed by atoms with Gasteiger partial charge in [0.15, 0.2) is 0 Å². The average molecular weight is 191 g/mol. The van der Waals surface area contributed by atoms with Gasteiger partial charge in [-0.2, -0.15) is 0 Å². The highest BCUT2D eigenvalue weighted by Crippen LogP contribution is 2.22. The van der Waals surface area contributed by atoms with Gasteiger partial charge in [0.25, 0.3) is 0 Å². The lowest BCUT2D eigenvalue weighted by atomic mass is 9.95. The Morgan fingerprint density at radius 2 is 2.00 bits per heavy atom. The van der Waals surface area contributed by atoms with E-state index in [0.29, 0.717) is 0 Å². The molecule has 1 aromatic rings. The first-order valence-corrected chi connectivity index (χ1v) is 5.34. The van der Waals surface area contributed by atoms with Crippen molar-refractivity contribution in [1.82, 2.24) is 5.32 Å². The molecule has 14 heavy (non-hydrogen) atoms. The molecule has 1 aromatic carbocycles. The molecule has 0 saturated carbocycles. The summed E-state index contributed by atoms with van der Waals surface area (Å²) in [6, 6.07) is 10.1. The number of nitrogens with one attached hydrogen (secondary N) is 1. The summed E-state index contributed by atoms with van der Waals surface area (Å²) in [5.41, 5.74) is 1.02. The number of piperidine rings is 1. The molecular formula is C12H17NO. The van der Waals surface area contributed by atoms with Crippen LogP contribution in [0.5, 0.6) is 0 Å². The molecule has 1 fully saturated rings. The van der Waals surface area contributed by atoms with E-state index in [0.717, 1.165) is 18.5 Å². The van der Waals surface area contributed by atoms with Crippen molar-refractivity contribution in [2.75, 3.05) is 6.54 Å². The first-order valence-electron chi connectivity index (χ1n) is 5.34. The summed E-state index contributed by atoms with van der Waals surface area (Å²) in [5.74, 6) is 0. The van der Waals surface area contributed by atoms with Gasteiger partial charge in [0.05, 0.1) is 6.10 Å². The van der Waals surface area contributed by atoms with Crippen LogP contribution >= 0.6 is 0 Å². The number of benzene rings is 1. The molecule has 2 N–H and O–H groups in total. The zero-order chi connectivity index (χ0) is 9.80. The molecule has 2 heteroatoms. The number of rotatable bonds is 2. The van der Waals surface area contributed by atoms with Crippen molar-refractivity contribution in [3.05, 3.63) is 35.9 Å². The van der Waals surface area contributed by atoms with Crippen molar-refractivity contribution in [2.45, 2.75) is 31.4 Å². The average Bonchev–Trinajstić information content (AvgIpc) is 2.30. The third-order valence-corrected chi connectivity index (χ3v) is 2.87. The van der Waals surface area contributed by atoms with Crippen LogP contribution in [0.25, 0.3) is 0 Å². The quantitative estimate of drug-likeness (QED) is 0.748. The van der Waals surface area contributed by atoms with Crippen LogP contribution in [-0.4, -0.2) is 17.7 Å². The van der Waals surface area contributed by atoms with Gasteiger partial charge in [-0.3, -0.25) is 0 Å². The van der Waals surface area contributed by atoms with Gasteiger partial charge >= 0.3 is 0 Å². The Labute approximate surface area is 85.0 Å². The maximum atomic E-state index is 10.1. The molecule has 1 heterocycles. The molecule has 0 aromatic heterocycles. The summed E-state index contributed by atoms with van der Waals surface area (Å²) in [7, 11) is 0. The summed E-state index contributed by atoms with van der Waals surface area (Å²) in [6.45, 7) is 1.04. The van der Waals surface area contributed by atoms with E-state index in [2.05, 4.69) is 5.32 Å². The molecule has 1 saturated heterocycles. The Balaban J connectivity index is 2.03. The normalized spacial score (nSPS) is 24.5. The summed E-state index contributed by atoms with van der Waals surface area (Å²) >= 11 is 0. The zero-order valence-electron chi connectivity index (χ0n) is 8.32. The molecule has 2 rings (SSSR count). The number of aliphatic hydroxyl groups is 1. The van der Waals surface area contributed by atoms with E-state index >= 15 is 0 Å². The van der Waals surface area contributed by atoms with Crippen molar-refractivity contribution in [1.29, 1.82) is 0 Å². The van der Waals surface area contributed by atoms with Crippen LogP contribution in [0, 0.1) is 0 Å². The largest absolute Gasteiger partial charge is 0.387 e. The van der Waals surface area contributed by atoms with Gasteiger partial charge < -0.3 is 10.4 Å². The van der Waals surface area contributed by atoms with E-state index in [4.69, 9.17) is 0 Å². The fraction of sp³-hybridized carbons (Fsp3) is 0.500. The lowest BCUT2D eigenvalue weighted by molar-refractivity contribution is 0.114. The smallest absolute Gasteiger partial charge is 0.0942 e. The number of aliphatic hydroxyl groups excluding tert-OH is 1. The Morgan fingerprint density at radius 3 is 2.64 bits per heavy atom. The van der Waals surface area contributed by atoms with Crippen LogP contribution in [0.1, 0.15) is 30.9 Å². The molecule has 0 spiro atoms. The highest BCUT2D eigenvalue weighted by atomic mass is 16.3. The van der Waals surface area contributed by atoms with Gasteiger partial charge in [0, 0.05) is 6.04 Å². The van der Waals surface area contributed by atoms with Gasteiger partial charge in [-0.15, -0.1) is 0 Å². The number of hydrogen-bond acceptors (Lipinski definition) is 2. The topological polar surface area (TPSA) is 32.3 Å². The zero-order valence-corrected chi connectivity index (χ0v) is 8.32. The molecule has 76 valence electrons. The second-order valence-corrected chi connectivity index (χ2v) is 3.91. The Bertz CT molecular complexity index is 267. The number of hydrogen-bond donors (Lipinski definition) is 2. The lowest BCUT2D eigenvalue weighted by Crippen LogP contribution is -2.38. The second kappa shape index (κ2) is 4.58. The molecule has 1 aliphatic heterocycles. The standard InChI is InChI=1S/C12H17NO/c14-12(10-6-2-1-3-7-10)11-8-4-5-9-13-11/h1-3,6-7,11-14H,4-5,8-9H2/t11-,12?/m0/s1. The van der Waals surface area contributed by atoms with E-state index in [1.807, 2.05) is 30.3 Å². The monoisotopic (exact) mass is 191 g/mol. The first-order chi connectivity index (χ1) is 6.88. The Kier molecular flexibility index (Phi) is 3.17. The third kappa shape index (κ3) is 2.14. The van der Waals surface area contributed by atoms with Crippen LogP contribution < -0.4 is 5.32 Å². The van der Waals surface area contributed by atoms with E-state index in [9.17, 15) is 5.11 Å². The minimum atomic E-state index is -0.350. The van der Waals surface area contributed by atoms with Gasteiger partial charge in [0.2, 0.25) is 0 Å². The predicted molar refractivity (Wildman–Crippen MR) is 57.0 cm³/mol. The SMILES string of the molecule is OC(c1ccccc1)[C@@H]1CCCCN1.